The topological polar surface area (TPSA) is 34.9 Å². The summed E-state index contributed by atoms with van der Waals surface area (Å²) in [5.74, 6) is -0.590. The van der Waals surface area contributed by atoms with Crippen molar-refractivity contribution >= 4 is 5.78 Å². The average Bonchev–Trinajstić information content (AvgIpc) is 2.57. The van der Waals surface area contributed by atoms with E-state index in [-0.39, 0.29) is 5.78 Å². The second-order valence-corrected chi connectivity index (χ2v) is 4.06. The molecule has 88 valence electrons. The Labute approximate surface area is 98.9 Å². The highest BCUT2D eigenvalue weighted by Crippen LogP contribution is 2.18. The minimum absolute atomic E-state index is 0.174. The molecule has 0 atom stereocenters. The molecule has 17 heavy (non-hydrogen) atoms. The van der Waals surface area contributed by atoms with Crippen LogP contribution in [0.25, 0.3) is 5.69 Å². The van der Waals surface area contributed by atoms with Gasteiger partial charge in [-0.25, -0.2) is 9.07 Å². The molecule has 0 amide bonds. The van der Waals surface area contributed by atoms with Crippen molar-refractivity contribution in [3.8, 4) is 5.69 Å². The second-order valence-electron chi connectivity index (χ2n) is 4.06. The molecule has 2 aromatic rings. The molecule has 0 unspecified atom stereocenters. The van der Waals surface area contributed by atoms with Gasteiger partial charge in [-0.15, -0.1) is 0 Å². The van der Waals surface area contributed by atoms with Crippen LogP contribution < -0.4 is 0 Å². The van der Waals surface area contributed by atoms with E-state index in [4.69, 9.17) is 0 Å². The number of rotatable bonds is 2. The standard InChI is InChI=1S/C13H13FN2O/c1-8-6-9(2)16(15-8)13-5-4-11(14)7-12(13)10(3)17/h4-7H,1-3H3. The van der Waals surface area contributed by atoms with E-state index in [1.807, 2.05) is 19.9 Å². The molecule has 3 nitrogen and oxygen atoms in total. The lowest BCUT2D eigenvalue weighted by atomic mass is 10.1. The monoisotopic (exact) mass is 232 g/mol. The zero-order valence-corrected chi connectivity index (χ0v) is 9.99. The number of hydrogen-bond acceptors (Lipinski definition) is 2. The molecular formula is C13H13FN2O. The quantitative estimate of drug-likeness (QED) is 0.746. The largest absolute Gasteiger partial charge is 0.294 e. The Balaban J connectivity index is 2.67. The van der Waals surface area contributed by atoms with E-state index in [0.717, 1.165) is 11.4 Å². The lowest BCUT2D eigenvalue weighted by molar-refractivity contribution is 0.101. The van der Waals surface area contributed by atoms with Crippen molar-refractivity contribution in [3.05, 3.63) is 47.0 Å². The van der Waals surface area contributed by atoms with Crippen LogP contribution in [0.2, 0.25) is 0 Å². The van der Waals surface area contributed by atoms with Crippen molar-refractivity contribution in [1.82, 2.24) is 9.78 Å². The van der Waals surface area contributed by atoms with Crippen LogP contribution in [0.5, 0.6) is 0 Å². The van der Waals surface area contributed by atoms with Gasteiger partial charge in [0.2, 0.25) is 0 Å². The molecule has 0 aliphatic carbocycles. The fourth-order valence-corrected chi connectivity index (χ4v) is 1.85. The maximum Gasteiger partial charge on any atom is 0.162 e. The number of Topliss-reactive ketones (excluding diaryl/α,β-unsaturated/α-hetero) is 1. The summed E-state index contributed by atoms with van der Waals surface area (Å²) >= 11 is 0. The smallest absolute Gasteiger partial charge is 0.162 e. The van der Waals surface area contributed by atoms with E-state index < -0.39 is 5.82 Å². The SMILES string of the molecule is CC(=O)c1cc(F)ccc1-n1nc(C)cc1C. The summed E-state index contributed by atoms with van der Waals surface area (Å²) in [5.41, 5.74) is 2.73. The fourth-order valence-electron chi connectivity index (χ4n) is 1.85. The van der Waals surface area contributed by atoms with Crippen LogP contribution in [0.15, 0.2) is 24.3 Å². The van der Waals surface area contributed by atoms with E-state index in [9.17, 15) is 9.18 Å². The zero-order chi connectivity index (χ0) is 12.6. The van der Waals surface area contributed by atoms with Gasteiger partial charge in [-0.3, -0.25) is 4.79 Å². The Bertz CT molecular complexity index is 587. The molecule has 0 N–H and O–H groups in total. The number of ketones is 1. The number of aryl methyl sites for hydroxylation is 2. The highest BCUT2D eigenvalue weighted by atomic mass is 19.1. The Morgan fingerprint density at radius 3 is 2.53 bits per heavy atom. The molecule has 2 rings (SSSR count). The van der Waals surface area contributed by atoms with E-state index in [0.29, 0.717) is 11.3 Å². The van der Waals surface area contributed by atoms with Gasteiger partial charge < -0.3 is 0 Å². The minimum atomic E-state index is -0.416. The molecule has 1 heterocycles. The maximum absolute atomic E-state index is 13.1. The summed E-state index contributed by atoms with van der Waals surface area (Å²) in [6.45, 7) is 5.19. The molecule has 4 heteroatoms. The zero-order valence-electron chi connectivity index (χ0n) is 9.99. The number of carbonyl (C=O) groups excluding carboxylic acids is 1. The Hall–Kier alpha value is -1.97. The predicted molar refractivity (Wildman–Crippen MR) is 63.0 cm³/mol. The molecule has 0 saturated carbocycles. The molecule has 0 spiro atoms. The number of benzene rings is 1. The van der Waals surface area contributed by atoms with Crippen LogP contribution >= 0.6 is 0 Å². The van der Waals surface area contributed by atoms with Crippen molar-refractivity contribution in [2.24, 2.45) is 0 Å². The van der Waals surface area contributed by atoms with Gasteiger partial charge in [-0.05, 0) is 45.0 Å². The Kier molecular flexibility index (Phi) is 2.79. The van der Waals surface area contributed by atoms with Gasteiger partial charge in [-0.2, -0.15) is 5.10 Å². The maximum atomic E-state index is 13.1. The van der Waals surface area contributed by atoms with Gasteiger partial charge in [0.05, 0.1) is 11.4 Å². The van der Waals surface area contributed by atoms with Gasteiger partial charge >= 0.3 is 0 Å². The highest BCUT2D eigenvalue weighted by molar-refractivity contribution is 5.97. The fraction of sp³-hybridized carbons (Fsp3) is 0.231. The number of carbonyl (C=O) groups is 1. The molecule has 1 aromatic heterocycles. The first-order chi connectivity index (χ1) is 7.99. The van der Waals surface area contributed by atoms with Gasteiger partial charge in [0.1, 0.15) is 5.82 Å². The molecule has 0 bridgehead atoms. The third-order valence-electron chi connectivity index (χ3n) is 2.58. The lowest BCUT2D eigenvalue weighted by Gasteiger charge is -2.09. The van der Waals surface area contributed by atoms with Crippen molar-refractivity contribution in [1.29, 1.82) is 0 Å². The van der Waals surface area contributed by atoms with Crippen LogP contribution in [-0.2, 0) is 0 Å². The van der Waals surface area contributed by atoms with Crippen LogP contribution in [-0.4, -0.2) is 15.6 Å². The van der Waals surface area contributed by atoms with Gasteiger partial charge in [-0.1, -0.05) is 0 Å². The predicted octanol–water partition coefficient (Wildman–Crippen LogP) is 2.83. The third-order valence-corrected chi connectivity index (χ3v) is 2.58. The van der Waals surface area contributed by atoms with Crippen molar-refractivity contribution in [2.45, 2.75) is 20.8 Å². The van der Waals surface area contributed by atoms with Crippen LogP contribution in [0.4, 0.5) is 4.39 Å². The lowest BCUT2D eigenvalue weighted by Crippen LogP contribution is -2.07. The second kappa shape index (κ2) is 4.13. The molecule has 0 fully saturated rings. The van der Waals surface area contributed by atoms with Crippen molar-refractivity contribution in [2.75, 3.05) is 0 Å². The molecule has 0 radical (unpaired) electrons. The van der Waals surface area contributed by atoms with Gasteiger partial charge in [0, 0.05) is 11.3 Å². The minimum Gasteiger partial charge on any atom is -0.294 e. The number of hydrogen-bond donors (Lipinski definition) is 0. The summed E-state index contributed by atoms with van der Waals surface area (Å²) in [4.78, 5) is 11.5. The first-order valence-electron chi connectivity index (χ1n) is 5.33. The first kappa shape index (κ1) is 11.5. The van der Waals surface area contributed by atoms with Crippen molar-refractivity contribution in [3.63, 3.8) is 0 Å². The summed E-state index contributed by atoms with van der Waals surface area (Å²) in [7, 11) is 0. The van der Waals surface area contributed by atoms with Crippen LogP contribution in [0, 0.1) is 19.7 Å². The summed E-state index contributed by atoms with van der Waals surface area (Å²) in [6, 6.07) is 6.06. The summed E-state index contributed by atoms with van der Waals surface area (Å²) in [6.07, 6.45) is 0. The highest BCUT2D eigenvalue weighted by Gasteiger charge is 2.13. The number of nitrogens with zero attached hydrogens (tertiary/aromatic N) is 2. The Morgan fingerprint density at radius 2 is 2.00 bits per heavy atom. The molecule has 0 aliphatic rings. The van der Waals surface area contributed by atoms with E-state index in [2.05, 4.69) is 5.10 Å². The van der Waals surface area contributed by atoms with Crippen LogP contribution in [0.1, 0.15) is 28.7 Å². The van der Waals surface area contributed by atoms with Crippen LogP contribution in [0.3, 0.4) is 0 Å². The molecular weight excluding hydrogens is 219 g/mol. The first-order valence-corrected chi connectivity index (χ1v) is 5.33. The average molecular weight is 232 g/mol. The van der Waals surface area contributed by atoms with Gasteiger partial charge in [0.25, 0.3) is 0 Å². The third kappa shape index (κ3) is 2.11. The molecule has 1 aromatic carbocycles. The number of halogens is 1. The Morgan fingerprint density at radius 1 is 1.29 bits per heavy atom. The normalized spacial score (nSPS) is 10.6. The summed E-state index contributed by atoms with van der Waals surface area (Å²) < 4.78 is 14.8. The molecule has 0 saturated heterocycles. The summed E-state index contributed by atoms with van der Waals surface area (Å²) in [5, 5.41) is 4.30. The number of aromatic nitrogens is 2. The van der Waals surface area contributed by atoms with E-state index in [1.54, 1.807) is 10.7 Å². The van der Waals surface area contributed by atoms with E-state index in [1.165, 1.54) is 19.1 Å². The van der Waals surface area contributed by atoms with Gasteiger partial charge in [0.15, 0.2) is 5.78 Å². The van der Waals surface area contributed by atoms with E-state index >= 15 is 0 Å². The van der Waals surface area contributed by atoms with Crippen molar-refractivity contribution < 1.29 is 9.18 Å². The molecule has 0 aliphatic heterocycles.